The molecule has 1 amide bonds. The summed E-state index contributed by atoms with van der Waals surface area (Å²) in [5.41, 5.74) is 5.72. The van der Waals surface area contributed by atoms with Gasteiger partial charge < -0.3 is 15.4 Å². The van der Waals surface area contributed by atoms with Gasteiger partial charge in [0, 0.05) is 38.3 Å². The minimum absolute atomic E-state index is 0.108. The van der Waals surface area contributed by atoms with E-state index >= 15 is 0 Å². The molecule has 0 aromatic rings. The van der Waals surface area contributed by atoms with Crippen molar-refractivity contribution in [2.75, 3.05) is 20.3 Å². The number of amides is 1. The molecular weight excluding hydrogens is 228 g/mol. The van der Waals surface area contributed by atoms with Gasteiger partial charge in [0.05, 0.1) is 0 Å². The van der Waals surface area contributed by atoms with Crippen LogP contribution in [0.2, 0.25) is 0 Å². The Bertz CT molecular complexity index is 250. The topological polar surface area (TPSA) is 55.6 Å². The molecule has 2 N–H and O–H groups in total. The van der Waals surface area contributed by atoms with Crippen LogP contribution in [-0.4, -0.2) is 43.2 Å². The van der Waals surface area contributed by atoms with Crippen LogP contribution < -0.4 is 5.73 Å². The molecule has 0 aromatic carbocycles. The highest BCUT2D eigenvalue weighted by atomic mass is 16.5. The smallest absolute Gasteiger partial charge is 0.225 e. The third kappa shape index (κ3) is 4.94. The summed E-state index contributed by atoms with van der Waals surface area (Å²) in [6.07, 6.45) is 4.91. The van der Waals surface area contributed by atoms with Crippen LogP contribution in [0.1, 0.15) is 46.0 Å². The Hall–Kier alpha value is -0.610. The van der Waals surface area contributed by atoms with E-state index in [-0.39, 0.29) is 17.9 Å². The van der Waals surface area contributed by atoms with Gasteiger partial charge in [0.25, 0.3) is 0 Å². The maximum absolute atomic E-state index is 12.3. The molecule has 0 aromatic heterocycles. The van der Waals surface area contributed by atoms with Gasteiger partial charge in [0.1, 0.15) is 0 Å². The van der Waals surface area contributed by atoms with Crippen molar-refractivity contribution < 1.29 is 9.53 Å². The van der Waals surface area contributed by atoms with E-state index in [0.29, 0.717) is 6.04 Å². The zero-order chi connectivity index (χ0) is 13.5. The normalized spacial score (nSPS) is 20.4. The summed E-state index contributed by atoms with van der Waals surface area (Å²) in [6, 6.07) is 0.600. The van der Waals surface area contributed by atoms with E-state index in [2.05, 4.69) is 0 Å². The maximum Gasteiger partial charge on any atom is 0.225 e. The second-order valence-electron chi connectivity index (χ2n) is 5.60. The summed E-state index contributed by atoms with van der Waals surface area (Å²) in [5.74, 6) is 0.378. The van der Waals surface area contributed by atoms with Crippen molar-refractivity contribution in [1.29, 1.82) is 0 Å². The summed E-state index contributed by atoms with van der Waals surface area (Å²) in [4.78, 5) is 14.2. The zero-order valence-electron chi connectivity index (χ0n) is 12.0. The molecule has 2 atom stereocenters. The highest BCUT2D eigenvalue weighted by Crippen LogP contribution is 2.18. The van der Waals surface area contributed by atoms with Crippen molar-refractivity contribution in [3.8, 4) is 0 Å². The number of rotatable bonds is 6. The van der Waals surface area contributed by atoms with Gasteiger partial charge in [-0.1, -0.05) is 13.3 Å². The van der Waals surface area contributed by atoms with Crippen LogP contribution >= 0.6 is 0 Å². The molecule has 4 nitrogen and oxygen atoms in total. The van der Waals surface area contributed by atoms with Crippen molar-refractivity contribution >= 4 is 5.91 Å². The van der Waals surface area contributed by atoms with E-state index in [1.54, 1.807) is 0 Å². The SMILES string of the molecule is CC(N)CCCC(C)C(=O)N(C)C1CCOCC1. The highest BCUT2D eigenvalue weighted by Gasteiger charge is 2.25. The fourth-order valence-corrected chi connectivity index (χ4v) is 2.47. The molecule has 1 saturated heterocycles. The lowest BCUT2D eigenvalue weighted by Gasteiger charge is -2.33. The van der Waals surface area contributed by atoms with E-state index in [9.17, 15) is 4.79 Å². The molecule has 4 heteroatoms. The summed E-state index contributed by atoms with van der Waals surface area (Å²) in [6.45, 7) is 5.60. The minimum atomic E-state index is 0.108. The Morgan fingerprint density at radius 2 is 1.94 bits per heavy atom. The Balaban J connectivity index is 2.32. The Morgan fingerprint density at radius 3 is 2.50 bits per heavy atom. The lowest BCUT2D eigenvalue weighted by Crippen LogP contribution is -2.43. The summed E-state index contributed by atoms with van der Waals surface area (Å²) in [7, 11) is 1.93. The second kappa shape index (κ2) is 7.74. The zero-order valence-corrected chi connectivity index (χ0v) is 12.0. The lowest BCUT2D eigenvalue weighted by atomic mass is 9.99. The van der Waals surface area contributed by atoms with Gasteiger partial charge in [-0.15, -0.1) is 0 Å². The molecule has 1 fully saturated rings. The quantitative estimate of drug-likeness (QED) is 0.788. The first kappa shape index (κ1) is 15.4. The van der Waals surface area contributed by atoms with Crippen LogP contribution in [0.4, 0.5) is 0 Å². The van der Waals surface area contributed by atoms with Gasteiger partial charge in [-0.05, 0) is 32.6 Å². The van der Waals surface area contributed by atoms with E-state index in [4.69, 9.17) is 10.5 Å². The highest BCUT2D eigenvalue weighted by molar-refractivity contribution is 5.78. The molecule has 0 saturated carbocycles. The molecule has 2 unspecified atom stereocenters. The van der Waals surface area contributed by atoms with E-state index < -0.39 is 0 Å². The van der Waals surface area contributed by atoms with Crippen molar-refractivity contribution in [2.45, 2.75) is 58.0 Å². The van der Waals surface area contributed by atoms with Crippen LogP contribution in [0.3, 0.4) is 0 Å². The Morgan fingerprint density at radius 1 is 1.33 bits per heavy atom. The van der Waals surface area contributed by atoms with Crippen LogP contribution in [0.5, 0.6) is 0 Å². The monoisotopic (exact) mass is 256 g/mol. The average molecular weight is 256 g/mol. The summed E-state index contributed by atoms with van der Waals surface area (Å²) >= 11 is 0. The first-order valence-corrected chi connectivity index (χ1v) is 7.12. The number of nitrogens with zero attached hydrogens (tertiary/aromatic N) is 1. The molecule has 106 valence electrons. The first-order chi connectivity index (χ1) is 8.52. The molecule has 1 aliphatic rings. The summed E-state index contributed by atoms with van der Waals surface area (Å²) in [5, 5.41) is 0. The van der Waals surface area contributed by atoms with Gasteiger partial charge in [0.2, 0.25) is 5.91 Å². The molecule has 1 aliphatic heterocycles. The third-order valence-electron chi connectivity index (χ3n) is 3.80. The molecule has 0 spiro atoms. The molecule has 0 bridgehead atoms. The van der Waals surface area contributed by atoms with Gasteiger partial charge in [0.15, 0.2) is 0 Å². The average Bonchev–Trinajstić information content (AvgIpc) is 2.37. The van der Waals surface area contributed by atoms with Crippen LogP contribution in [0, 0.1) is 5.92 Å². The van der Waals surface area contributed by atoms with E-state index in [1.807, 2.05) is 25.8 Å². The van der Waals surface area contributed by atoms with Crippen LogP contribution in [0.15, 0.2) is 0 Å². The Labute approximate surface area is 111 Å². The van der Waals surface area contributed by atoms with Crippen molar-refractivity contribution in [3.63, 3.8) is 0 Å². The number of carbonyl (C=O) groups excluding carboxylic acids is 1. The van der Waals surface area contributed by atoms with E-state index in [1.165, 1.54) is 0 Å². The van der Waals surface area contributed by atoms with Crippen molar-refractivity contribution in [1.82, 2.24) is 4.90 Å². The maximum atomic E-state index is 12.3. The number of nitrogens with two attached hydrogens (primary N) is 1. The number of carbonyl (C=O) groups is 1. The van der Waals surface area contributed by atoms with Crippen molar-refractivity contribution in [3.05, 3.63) is 0 Å². The minimum Gasteiger partial charge on any atom is -0.381 e. The lowest BCUT2D eigenvalue weighted by molar-refractivity contribution is -0.137. The number of hydrogen-bond donors (Lipinski definition) is 1. The summed E-state index contributed by atoms with van der Waals surface area (Å²) < 4.78 is 5.33. The molecule has 18 heavy (non-hydrogen) atoms. The van der Waals surface area contributed by atoms with E-state index in [0.717, 1.165) is 45.3 Å². The van der Waals surface area contributed by atoms with Crippen LogP contribution in [0.25, 0.3) is 0 Å². The van der Waals surface area contributed by atoms with Crippen molar-refractivity contribution in [2.24, 2.45) is 11.7 Å². The molecule has 0 radical (unpaired) electrons. The molecular formula is C14H28N2O2. The third-order valence-corrected chi connectivity index (χ3v) is 3.80. The number of hydrogen-bond acceptors (Lipinski definition) is 3. The number of ether oxygens (including phenoxy) is 1. The second-order valence-corrected chi connectivity index (χ2v) is 5.60. The molecule has 1 rings (SSSR count). The van der Waals surface area contributed by atoms with Crippen LogP contribution in [-0.2, 0) is 9.53 Å². The Kier molecular flexibility index (Phi) is 6.65. The first-order valence-electron chi connectivity index (χ1n) is 7.12. The predicted octanol–water partition coefficient (Wildman–Crippen LogP) is 1.78. The standard InChI is InChI=1S/C14H28N2O2/c1-11(5-4-6-12(2)15)14(17)16(3)13-7-9-18-10-8-13/h11-13H,4-10,15H2,1-3H3. The fraction of sp³-hybridized carbons (Fsp3) is 0.929. The fourth-order valence-electron chi connectivity index (χ4n) is 2.47. The largest absolute Gasteiger partial charge is 0.381 e. The predicted molar refractivity (Wildman–Crippen MR) is 73.3 cm³/mol. The van der Waals surface area contributed by atoms with Gasteiger partial charge >= 0.3 is 0 Å². The molecule has 1 heterocycles. The molecule has 0 aliphatic carbocycles. The van der Waals surface area contributed by atoms with Gasteiger partial charge in [-0.3, -0.25) is 4.79 Å². The van der Waals surface area contributed by atoms with Gasteiger partial charge in [-0.25, -0.2) is 0 Å². The van der Waals surface area contributed by atoms with Gasteiger partial charge in [-0.2, -0.15) is 0 Å².